The predicted molar refractivity (Wildman–Crippen MR) is 90.9 cm³/mol. The van der Waals surface area contributed by atoms with Crippen molar-refractivity contribution in [1.29, 1.82) is 0 Å². The van der Waals surface area contributed by atoms with Crippen LogP contribution in [0.2, 0.25) is 0 Å². The molecule has 0 aliphatic carbocycles. The first-order chi connectivity index (χ1) is 11.0. The zero-order chi connectivity index (χ0) is 16.7. The summed E-state index contributed by atoms with van der Waals surface area (Å²) in [6.07, 6.45) is 0. The fourth-order valence-electron chi connectivity index (χ4n) is 1.59. The lowest BCUT2D eigenvalue weighted by atomic mass is 10.3. The third-order valence-corrected chi connectivity index (χ3v) is 4.18. The van der Waals surface area contributed by atoms with Gasteiger partial charge in [0.1, 0.15) is 5.82 Å². The van der Waals surface area contributed by atoms with E-state index in [1.165, 1.54) is 36.0 Å². The summed E-state index contributed by atoms with van der Waals surface area (Å²) in [4.78, 5) is 24.2. The molecular weight excluding hydrogens is 385 g/mol. The Kier molecular flexibility index (Phi) is 6.61. The second-order valence-electron chi connectivity index (χ2n) is 4.46. The Morgan fingerprint density at radius 3 is 2.39 bits per heavy atom. The zero-order valence-electron chi connectivity index (χ0n) is 11.9. The minimum absolute atomic E-state index is 0.117. The van der Waals surface area contributed by atoms with Gasteiger partial charge in [-0.25, -0.2) is 4.39 Å². The number of esters is 1. The van der Waals surface area contributed by atoms with E-state index >= 15 is 0 Å². The van der Waals surface area contributed by atoms with Crippen molar-refractivity contribution >= 4 is 45.3 Å². The molecule has 0 saturated heterocycles. The molecule has 0 heterocycles. The van der Waals surface area contributed by atoms with Crippen LogP contribution >= 0.6 is 27.7 Å². The van der Waals surface area contributed by atoms with Crippen LogP contribution in [0.15, 0.2) is 57.9 Å². The zero-order valence-corrected chi connectivity index (χ0v) is 14.3. The third kappa shape index (κ3) is 6.42. The van der Waals surface area contributed by atoms with Crippen LogP contribution in [0, 0.1) is 5.82 Å². The summed E-state index contributed by atoms with van der Waals surface area (Å²) in [5.41, 5.74) is 0.441. The van der Waals surface area contributed by atoms with E-state index in [4.69, 9.17) is 4.74 Å². The van der Waals surface area contributed by atoms with E-state index in [0.717, 1.165) is 9.37 Å². The van der Waals surface area contributed by atoms with Crippen LogP contribution in [0.1, 0.15) is 0 Å². The van der Waals surface area contributed by atoms with Crippen molar-refractivity contribution in [2.75, 3.05) is 17.7 Å². The predicted octanol–water partition coefficient (Wildman–Crippen LogP) is 3.86. The van der Waals surface area contributed by atoms with Gasteiger partial charge in [-0.3, -0.25) is 9.59 Å². The van der Waals surface area contributed by atoms with Crippen LogP contribution in [-0.2, 0) is 14.3 Å². The van der Waals surface area contributed by atoms with Crippen molar-refractivity contribution in [2.45, 2.75) is 4.90 Å². The topological polar surface area (TPSA) is 55.4 Å². The molecule has 23 heavy (non-hydrogen) atoms. The minimum Gasteiger partial charge on any atom is -0.455 e. The van der Waals surface area contributed by atoms with E-state index in [2.05, 4.69) is 21.2 Å². The fourth-order valence-corrected chi connectivity index (χ4v) is 2.55. The van der Waals surface area contributed by atoms with Crippen LogP contribution < -0.4 is 5.32 Å². The average Bonchev–Trinajstić information content (AvgIpc) is 2.54. The highest BCUT2D eigenvalue weighted by Gasteiger charge is 2.09. The molecule has 0 aromatic heterocycles. The molecule has 1 N–H and O–H groups in total. The fraction of sp³-hybridized carbons (Fsp3) is 0.125. The Morgan fingerprint density at radius 1 is 1.09 bits per heavy atom. The molecule has 0 atom stereocenters. The highest BCUT2D eigenvalue weighted by Crippen LogP contribution is 2.20. The van der Waals surface area contributed by atoms with Gasteiger partial charge in [-0.2, -0.15) is 0 Å². The van der Waals surface area contributed by atoms with Gasteiger partial charge in [0.15, 0.2) is 6.61 Å². The number of thioether (sulfide) groups is 1. The first-order valence-electron chi connectivity index (χ1n) is 6.62. The third-order valence-electron chi connectivity index (χ3n) is 2.66. The molecule has 0 aliphatic heterocycles. The van der Waals surface area contributed by atoms with Gasteiger partial charge >= 0.3 is 5.97 Å². The Balaban J connectivity index is 1.70. The Morgan fingerprint density at radius 2 is 1.74 bits per heavy atom. The Labute approximate surface area is 145 Å². The summed E-state index contributed by atoms with van der Waals surface area (Å²) >= 11 is 4.66. The number of nitrogens with one attached hydrogen (secondary N) is 1. The van der Waals surface area contributed by atoms with Gasteiger partial charge in [0.2, 0.25) is 0 Å². The van der Waals surface area contributed by atoms with E-state index in [1.807, 2.05) is 24.3 Å². The van der Waals surface area contributed by atoms with Gasteiger partial charge in [0.25, 0.3) is 5.91 Å². The highest BCUT2D eigenvalue weighted by atomic mass is 79.9. The van der Waals surface area contributed by atoms with E-state index in [-0.39, 0.29) is 18.2 Å². The van der Waals surface area contributed by atoms with Crippen molar-refractivity contribution in [1.82, 2.24) is 0 Å². The SMILES string of the molecule is O=C(COC(=O)CSc1ccc(Br)cc1)Nc1ccc(F)cc1. The number of benzene rings is 2. The van der Waals surface area contributed by atoms with Gasteiger partial charge in [-0.05, 0) is 48.5 Å². The lowest BCUT2D eigenvalue weighted by Crippen LogP contribution is -2.21. The number of ether oxygens (including phenoxy) is 1. The first-order valence-corrected chi connectivity index (χ1v) is 8.40. The Bertz CT molecular complexity index is 677. The molecule has 2 aromatic carbocycles. The second-order valence-corrected chi connectivity index (χ2v) is 6.42. The molecule has 0 aliphatic rings. The number of hydrogen-bond acceptors (Lipinski definition) is 4. The van der Waals surface area contributed by atoms with Gasteiger partial charge in [-0.1, -0.05) is 15.9 Å². The normalized spacial score (nSPS) is 10.2. The molecule has 0 bridgehead atoms. The molecule has 0 fully saturated rings. The van der Waals surface area contributed by atoms with Crippen molar-refractivity contribution < 1.29 is 18.7 Å². The average molecular weight is 398 g/mol. The number of anilines is 1. The highest BCUT2D eigenvalue weighted by molar-refractivity contribution is 9.10. The molecule has 0 spiro atoms. The van der Waals surface area contributed by atoms with Crippen molar-refractivity contribution in [3.63, 3.8) is 0 Å². The van der Waals surface area contributed by atoms with Crippen LogP contribution in [0.5, 0.6) is 0 Å². The molecule has 2 rings (SSSR count). The number of halogens is 2. The summed E-state index contributed by atoms with van der Waals surface area (Å²) in [6, 6.07) is 12.8. The Hall–Kier alpha value is -1.86. The summed E-state index contributed by atoms with van der Waals surface area (Å²) in [7, 11) is 0. The maximum Gasteiger partial charge on any atom is 0.316 e. The molecule has 0 radical (unpaired) electrons. The standard InChI is InChI=1S/C16H13BrFNO3S/c17-11-1-7-14(8-2-11)23-10-16(21)22-9-15(20)19-13-5-3-12(18)4-6-13/h1-8H,9-10H2,(H,19,20). The maximum atomic E-state index is 12.7. The quantitative estimate of drug-likeness (QED) is 0.593. The van der Waals surface area contributed by atoms with Crippen LogP contribution in [0.4, 0.5) is 10.1 Å². The van der Waals surface area contributed by atoms with Crippen LogP contribution in [0.25, 0.3) is 0 Å². The van der Waals surface area contributed by atoms with Crippen LogP contribution in [0.3, 0.4) is 0 Å². The number of amides is 1. The number of carbonyl (C=O) groups excluding carboxylic acids is 2. The summed E-state index contributed by atoms with van der Waals surface area (Å²) in [5, 5.41) is 2.51. The van der Waals surface area contributed by atoms with E-state index in [1.54, 1.807) is 0 Å². The molecule has 1 amide bonds. The first kappa shape index (κ1) is 17.5. The van der Waals surface area contributed by atoms with Gasteiger partial charge in [0.05, 0.1) is 5.75 Å². The second kappa shape index (κ2) is 8.69. The summed E-state index contributed by atoms with van der Waals surface area (Å²) in [5.74, 6) is -1.23. The lowest BCUT2D eigenvalue weighted by molar-refractivity contribution is -0.144. The minimum atomic E-state index is -0.479. The summed E-state index contributed by atoms with van der Waals surface area (Å²) in [6.45, 7) is -0.378. The number of rotatable bonds is 6. The molecule has 7 heteroatoms. The van der Waals surface area contributed by atoms with Crippen LogP contribution in [-0.4, -0.2) is 24.2 Å². The molecule has 2 aromatic rings. The van der Waals surface area contributed by atoms with Crippen molar-refractivity contribution in [3.8, 4) is 0 Å². The largest absolute Gasteiger partial charge is 0.455 e. The number of carbonyl (C=O) groups is 2. The number of hydrogen-bond donors (Lipinski definition) is 1. The molecule has 4 nitrogen and oxygen atoms in total. The molecule has 0 unspecified atom stereocenters. The monoisotopic (exact) mass is 397 g/mol. The van der Waals surface area contributed by atoms with Crippen molar-refractivity contribution in [2.24, 2.45) is 0 Å². The molecule has 120 valence electrons. The lowest BCUT2D eigenvalue weighted by Gasteiger charge is -2.06. The molecular formula is C16H13BrFNO3S. The maximum absolute atomic E-state index is 12.7. The van der Waals surface area contributed by atoms with E-state index in [9.17, 15) is 14.0 Å². The van der Waals surface area contributed by atoms with Gasteiger partial charge < -0.3 is 10.1 Å². The van der Waals surface area contributed by atoms with E-state index < -0.39 is 11.9 Å². The summed E-state index contributed by atoms with van der Waals surface area (Å²) < 4.78 is 18.6. The van der Waals surface area contributed by atoms with Gasteiger partial charge in [-0.15, -0.1) is 11.8 Å². The van der Waals surface area contributed by atoms with Gasteiger partial charge in [0, 0.05) is 15.1 Å². The van der Waals surface area contributed by atoms with Crippen molar-refractivity contribution in [3.05, 3.63) is 58.8 Å². The molecule has 0 saturated carbocycles. The van der Waals surface area contributed by atoms with E-state index in [0.29, 0.717) is 5.69 Å². The smallest absolute Gasteiger partial charge is 0.316 e.